The summed E-state index contributed by atoms with van der Waals surface area (Å²) in [5.74, 6) is 1.17. The van der Waals surface area contributed by atoms with Crippen molar-refractivity contribution < 1.29 is 33.7 Å². The number of nitrogens with zero attached hydrogens (tertiary/aromatic N) is 2. The number of benzene rings is 1. The molecule has 10 heteroatoms. The summed E-state index contributed by atoms with van der Waals surface area (Å²) in [4.78, 5) is 45.8. The van der Waals surface area contributed by atoms with Gasteiger partial charge in [-0.1, -0.05) is 33.6 Å². The molecule has 0 spiro atoms. The number of methoxy groups -OCH3 is 1. The molecule has 7 atom stereocenters. The van der Waals surface area contributed by atoms with Gasteiger partial charge < -0.3 is 29.5 Å². The van der Waals surface area contributed by atoms with Gasteiger partial charge in [-0.05, 0) is 73.5 Å². The van der Waals surface area contributed by atoms with Crippen LogP contribution in [0.3, 0.4) is 0 Å². The van der Waals surface area contributed by atoms with E-state index in [1.54, 1.807) is 7.11 Å². The van der Waals surface area contributed by atoms with Gasteiger partial charge in [0.25, 0.3) is 0 Å². The summed E-state index contributed by atoms with van der Waals surface area (Å²) in [5.41, 5.74) is 1.02. The van der Waals surface area contributed by atoms with E-state index < -0.39 is 41.6 Å². The molecule has 2 N–H and O–H groups in total. The minimum atomic E-state index is -1.11. The van der Waals surface area contributed by atoms with Crippen molar-refractivity contribution in [1.82, 2.24) is 15.2 Å². The van der Waals surface area contributed by atoms with Crippen LogP contribution in [0.25, 0.3) is 10.9 Å². The van der Waals surface area contributed by atoms with Gasteiger partial charge >= 0.3 is 12.1 Å². The lowest BCUT2D eigenvalue weighted by Crippen LogP contribution is -2.57. The van der Waals surface area contributed by atoms with E-state index in [-0.39, 0.29) is 19.1 Å². The van der Waals surface area contributed by atoms with Crippen molar-refractivity contribution in [3.05, 3.63) is 29.8 Å². The molecule has 1 saturated heterocycles. The van der Waals surface area contributed by atoms with Crippen molar-refractivity contribution in [3.63, 3.8) is 0 Å². The number of carbonyl (C=O) groups excluding carboxylic acids is 2. The summed E-state index contributed by atoms with van der Waals surface area (Å²) in [5, 5.41) is 13.9. The van der Waals surface area contributed by atoms with E-state index >= 15 is 0 Å². The monoisotopic (exact) mass is 593 g/mol. The number of carboxylic acid groups (broad SMARTS) is 1. The van der Waals surface area contributed by atoms with Crippen LogP contribution in [0.1, 0.15) is 71.3 Å². The van der Waals surface area contributed by atoms with Crippen molar-refractivity contribution in [3.8, 4) is 11.6 Å². The first kappa shape index (κ1) is 29.5. The van der Waals surface area contributed by atoms with Crippen molar-refractivity contribution in [2.24, 2.45) is 23.2 Å². The van der Waals surface area contributed by atoms with E-state index in [1.165, 1.54) is 11.3 Å². The molecule has 2 aromatic rings. The van der Waals surface area contributed by atoms with Crippen LogP contribution in [0, 0.1) is 23.2 Å². The van der Waals surface area contributed by atoms with E-state index in [0.29, 0.717) is 29.4 Å². The zero-order chi connectivity index (χ0) is 30.5. The molecule has 3 fully saturated rings. The first-order valence-corrected chi connectivity index (χ1v) is 15.7. The normalized spacial score (nSPS) is 31.4. The highest BCUT2D eigenvalue weighted by molar-refractivity contribution is 5.90. The molecule has 232 valence electrons. The van der Waals surface area contributed by atoms with E-state index in [9.17, 15) is 19.5 Å². The second-order valence-corrected chi connectivity index (χ2v) is 13.9. The molecule has 0 radical (unpaired) electrons. The van der Waals surface area contributed by atoms with Crippen LogP contribution in [-0.2, 0) is 20.7 Å². The fraction of sp³-hybridized carbons (Fsp3) is 0.636. The second-order valence-electron chi connectivity index (χ2n) is 13.9. The van der Waals surface area contributed by atoms with Crippen LogP contribution in [0.5, 0.6) is 11.6 Å². The Bertz CT molecular complexity index is 1400. The van der Waals surface area contributed by atoms with Gasteiger partial charge in [0, 0.05) is 23.4 Å². The second kappa shape index (κ2) is 11.5. The number of aryl methyl sites for hydroxylation is 1. The number of amides is 2. The van der Waals surface area contributed by atoms with Crippen molar-refractivity contribution in [1.29, 1.82) is 0 Å². The smallest absolute Gasteiger partial charge is 0.408 e. The minimum absolute atomic E-state index is 0.0738. The Morgan fingerprint density at radius 1 is 1.07 bits per heavy atom. The van der Waals surface area contributed by atoms with Crippen molar-refractivity contribution >= 4 is 28.9 Å². The predicted octanol–water partition coefficient (Wildman–Crippen LogP) is 4.96. The number of nitrogens with one attached hydrogen (secondary N) is 1. The summed E-state index contributed by atoms with van der Waals surface area (Å²) in [6.07, 6.45) is 5.68. The first-order valence-electron chi connectivity index (χ1n) is 15.7. The van der Waals surface area contributed by atoms with Gasteiger partial charge in [-0.2, -0.15) is 0 Å². The number of carboxylic acids is 1. The number of rotatable bonds is 2. The number of hydrogen-bond acceptors (Lipinski definition) is 7. The highest BCUT2D eigenvalue weighted by Gasteiger charge is 2.54. The quantitative estimate of drug-likeness (QED) is 0.500. The van der Waals surface area contributed by atoms with Gasteiger partial charge in [0.15, 0.2) is 0 Å². The third-order valence-electron chi connectivity index (χ3n) is 9.83. The van der Waals surface area contributed by atoms with Crippen LogP contribution in [-0.4, -0.2) is 70.9 Å². The fourth-order valence-corrected chi connectivity index (χ4v) is 7.43. The topological polar surface area (TPSA) is 127 Å². The average Bonchev–Trinajstić information content (AvgIpc) is 3.44. The highest BCUT2D eigenvalue weighted by atomic mass is 16.6. The minimum Gasteiger partial charge on any atom is -0.497 e. The summed E-state index contributed by atoms with van der Waals surface area (Å²) in [7, 11) is 1.61. The van der Waals surface area contributed by atoms with Gasteiger partial charge in [0.05, 0.1) is 19.2 Å². The molecule has 10 nitrogen and oxygen atoms in total. The Balaban J connectivity index is 1.33. The Labute approximate surface area is 252 Å². The summed E-state index contributed by atoms with van der Waals surface area (Å²) < 4.78 is 17.8. The maximum atomic E-state index is 14.0. The molecule has 2 saturated carbocycles. The zero-order valence-corrected chi connectivity index (χ0v) is 25.5. The number of aromatic nitrogens is 1. The Morgan fingerprint density at radius 2 is 1.88 bits per heavy atom. The molecule has 2 aliphatic heterocycles. The molecule has 2 amide bonds. The predicted molar refractivity (Wildman–Crippen MR) is 159 cm³/mol. The van der Waals surface area contributed by atoms with Crippen LogP contribution in [0.2, 0.25) is 0 Å². The molecular formula is C33H43N3O7. The van der Waals surface area contributed by atoms with Gasteiger partial charge in [0.1, 0.15) is 30.0 Å². The van der Waals surface area contributed by atoms with Gasteiger partial charge in [-0.25, -0.2) is 14.6 Å². The molecule has 3 heterocycles. The number of fused-ring (bicyclic) bond motifs is 7. The Hall–Kier alpha value is -3.56. The van der Waals surface area contributed by atoms with Gasteiger partial charge in [0.2, 0.25) is 11.8 Å². The lowest BCUT2D eigenvalue weighted by atomic mass is 9.85. The largest absolute Gasteiger partial charge is 0.497 e. The number of pyridine rings is 1. The highest BCUT2D eigenvalue weighted by Crippen LogP contribution is 2.57. The van der Waals surface area contributed by atoms with Crippen LogP contribution in [0.4, 0.5) is 4.79 Å². The molecule has 6 rings (SSSR count). The number of carbonyl (C=O) groups is 3. The molecule has 4 aliphatic rings. The summed E-state index contributed by atoms with van der Waals surface area (Å²) in [6.45, 7) is 5.64. The standard InChI is InChI=1S/C33H43N3O7/c1-33(2,3)28-30(37)36-17-22(16-26(36)31(38)39)42-29-19(12-18-10-11-21(41-4)15-25(18)34-29)8-6-5-7-9-23-24-13-20(24)14-27(23)43-32(40)35-28/h10-12,15,20,22-24,26-28H,5-9,13-14,16-17H2,1-4H3,(H,35,40)(H,38,39)/t20-,22+,23+,24-,26-,27+,28+/m0/s1. The lowest BCUT2D eigenvalue weighted by Gasteiger charge is -2.35. The lowest BCUT2D eigenvalue weighted by molar-refractivity contribution is -0.150. The number of aliphatic carboxylic acids is 1. The average molecular weight is 594 g/mol. The molecular weight excluding hydrogens is 550 g/mol. The van der Waals surface area contributed by atoms with Crippen molar-refractivity contribution in [2.45, 2.75) is 96.4 Å². The van der Waals surface area contributed by atoms with Crippen molar-refractivity contribution in [2.75, 3.05) is 13.7 Å². The third kappa shape index (κ3) is 6.10. The summed E-state index contributed by atoms with van der Waals surface area (Å²) >= 11 is 0. The van der Waals surface area contributed by atoms with Gasteiger partial charge in [-0.15, -0.1) is 0 Å². The van der Waals surface area contributed by atoms with E-state index in [1.807, 2.05) is 39.0 Å². The Morgan fingerprint density at radius 3 is 2.63 bits per heavy atom. The SMILES string of the molecule is COc1ccc2cc3c(nc2c1)O[C@@H]1C[C@@H](C(=O)O)N(C1)C(=O)[C@H](C(C)(C)C)NC(=O)O[C@@H]1C[C@@H]2C[C@@H]2[C@H]1CCCCC3. The van der Waals surface area contributed by atoms with E-state index in [2.05, 4.69) is 11.4 Å². The summed E-state index contributed by atoms with van der Waals surface area (Å²) in [6, 6.07) is 5.80. The van der Waals surface area contributed by atoms with E-state index in [0.717, 1.165) is 55.0 Å². The molecule has 2 aliphatic carbocycles. The first-order chi connectivity index (χ1) is 20.5. The third-order valence-corrected chi connectivity index (χ3v) is 9.83. The molecule has 1 aromatic carbocycles. The number of hydrogen-bond donors (Lipinski definition) is 2. The molecule has 43 heavy (non-hydrogen) atoms. The fourth-order valence-electron chi connectivity index (χ4n) is 7.43. The van der Waals surface area contributed by atoms with Crippen LogP contribution >= 0.6 is 0 Å². The molecule has 1 aromatic heterocycles. The van der Waals surface area contributed by atoms with Gasteiger partial charge in [-0.3, -0.25) is 4.79 Å². The van der Waals surface area contributed by atoms with Crippen LogP contribution < -0.4 is 14.8 Å². The molecule has 0 unspecified atom stereocenters. The maximum Gasteiger partial charge on any atom is 0.408 e. The number of alkyl carbamates (subject to hydrolysis) is 1. The number of ether oxygens (including phenoxy) is 3. The zero-order valence-electron chi connectivity index (χ0n) is 25.5. The van der Waals surface area contributed by atoms with E-state index in [4.69, 9.17) is 19.2 Å². The maximum absolute atomic E-state index is 14.0. The molecule has 2 bridgehead atoms. The Kier molecular flexibility index (Phi) is 7.89. The van der Waals surface area contributed by atoms with Crippen LogP contribution in [0.15, 0.2) is 24.3 Å².